The largest absolute Gasteiger partial charge is 0.457 e. The van der Waals surface area contributed by atoms with Crippen molar-refractivity contribution in [1.29, 1.82) is 0 Å². The molecule has 1 atom stereocenters. The summed E-state index contributed by atoms with van der Waals surface area (Å²) in [6, 6.07) is 14.8. The minimum Gasteiger partial charge on any atom is -0.457 e. The maximum absolute atomic E-state index is 14.3. The summed E-state index contributed by atoms with van der Waals surface area (Å²) >= 11 is 0. The van der Waals surface area contributed by atoms with Crippen molar-refractivity contribution >= 4 is 13.6 Å². The highest BCUT2D eigenvalue weighted by Crippen LogP contribution is 2.60. The van der Waals surface area contributed by atoms with Crippen molar-refractivity contribution < 1.29 is 27.5 Å². The molecule has 0 aliphatic carbocycles. The zero-order valence-electron chi connectivity index (χ0n) is 13.3. The molecule has 0 heterocycles. The number of carbonyl (C=O) groups is 1. The van der Waals surface area contributed by atoms with Crippen LogP contribution in [0.15, 0.2) is 54.6 Å². The number of alkyl halides is 1. The van der Waals surface area contributed by atoms with Crippen LogP contribution in [0.25, 0.3) is 0 Å². The molecular weight excluding hydrogens is 334 g/mol. The first kappa shape index (κ1) is 18.3. The van der Waals surface area contributed by atoms with Gasteiger partial charge in [0.25, 0.3) is 0 Å². The highest BCUT2D eigenvalue weighted by atomic mass is 31.2. The molecule has 0 aliphatic heterocycles. The number of rotatable bonds is 7. The Labute approximate surface area is 139 Å². The van der Waals surface area contributed by atoms with Crippen molar-refractivity contribution in [2.75, 3.05) is 14.2 Å². The molecule has 0 aromatic heterocycles. The van der Waals surface area contributed by atoms with E-state index in [4.69, 9.17) is 4.74 Å². The smallest absolute Gasteiger partial charge is 0.368 e. The Balaban J connectivity index is 2.03. The second-order valence-electron chi connectivity index (χ2n) is 4.92. The minimum absolute atomic E-state index is 0.0987. The van der Waals surface area contributed by atoms with E-state index in [0.29, 0.717) is 0 Å². The molecule has 1 unspecified atom stereocenters. The fraction of sp³-hybridized carbons (Fsp3) is 0.235. The summed E-state index contributed by atoms with van der Waals surface area (Å²) < 4.78 is 40.7. The van der Waals surface area contributed by atoms with Crippen LogP contribution < -0.4 is 0 Å². The number of esters is 1. The van der Waals surface area contributed by atoms with Crippen LogP contribution in [0.5, 0.6) is 0 Å². The summed E-state index contributed by atoms with van der Waals surface area (Å²) in [5, 5.41) is 0. The average molecular weight is 352 g/mol. The van der Waals surface area contributed by atoms with Gasteiger partial charge in [0.1, 0.15) is 6.61 Å². The summed E-state index contributed by atoms with van der Waals surface area (Å²) in [7, 11) is -1.63. The molecule has 0 bridgehead atoms. The molecule has 0 saturated carbocycles. The molecular formula is C17H18FO5P. The van der Waals surface area contributed by atoms with Gasteiger partial charge in [0, 0.05) is 14.2 Å². The molecule has 24 heavy (non-hydrogen) atoms. The predicted molar refractivity (Wildman–Crippen MR) is 87.5 cm³/mol. The van der Waals surface area contributed by atoms with Gasteiger partial charge in [-0.05, 0) is 23.3 Å². The second kappa shape index (κ2) is 8.20. The first-order valence-corrected chi connectivity index (χ1v) is 8.77. The number of hydrogen-bond donors (Lipinski definition) is 0. The van der Waals surface area contributed by atoms with Gasteiger partial charge in [-0.2, -0.15) is 0 Å². The van der Waals surface area contributed by atoms with Crippen molar-refractivity contribution in [1.82, 2.24) is 0 Å². The standard InChI is InChI=1S/C17H18FO5P/c1-21-24(20,22-2)16(18)14-8-10-15(11-9-14)17(19)23-12-13-6-4-3-5-7-13/h3-11,16H,12H2,1-2H3. The maximum Gasteiger partial charge on any atom is 0.368 e. The van der Waals surface area contributed by atoms with Crippen LogP contribution in [0.2, 0.25) is 0 Å². The monoisotopic (exact) mass is 352 g/mol. The molecule has 7 heteroatoms. The van der Waals surface area contributed by atoms with Crippen molar-refractivity contribution in [2.45, 2.75) is 12.5 Å². The van der Waals surface area contributed by atoms with Crippen molar-refractivity contribution in [2.24, 2.45) is 0 Å². The summed E-state index contributed by atoms with van der Waals surface area (Å²) in [5.74, 6) is -2.45. The minimum atomic E-state index is -3.87. The van der Waals surface area contributed by atoms with Gasteiger partial charge < -0.3 is 13.8 Å². The van der Waals surface area contributed by atoms with E-state index in [1.807, 2.05) is 30.3 Å². The Bertz CT molecular complexity index is 710. The molecule has 0 N–H and O–H groups in total. The van der Waals surface area contributed by atoms with E-state index < -0.39 is 19.5 Å². The third-order valence-corrected chi connectivity index (χ3v) is 5.29. The third kappa shape index (κ3) is 4.29. The van der Waals surface area contributed by atoms with Gasteiger partial charge >= 0.3 is 13.6 Å². The van der Waals surface area contributed by atoms with Gasteiger partial charge in [-0.3, -0.25) is 4.57 Å². The van der Waals surface area contributed by atoms with Crippen LogP contribution in [-0.4, -0.2) is 20.2 Å². The van der Waals surface area contributed by atoms with E-state index in [1.54, 1.807) is 0 Å². The molecule has 0 amide bonds. The quantitative estimate of drug-likeness (QED) is 0.542. The van der Waals surface area contributed by atoms with Crippen molar-refractivity contribution in [3.63, 3.8) is 0 Å². The first-order valence-electron chi connectivity index (χ1n) is 7.16. The first-order chi connectivity index (χ1) is 11.5. The van der Waals surface area contributed by atoms with Gasteiger partial charge in [0.15, 0.2) is 0 Å². The lowest BCUT2D eigenvalue weighted by Crippen LogP contribution is -2.06. The zero-order chi connectivity index (χ0) is 17.6. The van der Waals surface area contributed by atoms with E-state index in [-0.39, 0.29) is 17.7 Å². The average Bonchev–Trinajstić information content (AvgIpc) is 2.65. The molecule has 0 aliphatic rings. The zero-order valence-corrected chi connectivity index (χ0v) is 14.2. The van der Waals surface area contributed by atoms with Gasteiger partial charge in [-0.25, -0.2) is 9.18 Å². The highest BCUT2D eigenvalue weighted by Gasteiger charge is 2.35. The van der Waals surface area contributed by atoms with Gasteiger partial charge in [-0.1, -0.05) is 42.5 Å². The molecule has 128 valence electrons. The summed E-state index contributed by atoms with van der Waals surface area (Å²) in [6.45, 7) is 0.149. The second-order valence-corrected chi connectivity index (χ2v) is 7.19. The number of benzene rings is 2. The van der Waals surface area contributed by atoms with Gasteiger partial charge in [0.05, 0.1) is 5.56 Å². The van der Waals surface area contributed by atoms with E-state index in [2.05, 4.69) is 9.05 Å². The Hall–Kier alpha value is -2.01. The molecule has 2 rings (SSSR count). The van der Waals surface area contributed by atoms with E-state index in [9.17, 15) is 13.8 Å². The van der Waals surface area contributed by atoms with E-state index >= 15 is 0 Å². The Morgan fingerprint density at radius 3 is 2.17 bits per heavy atom. The molecule has 0 radical (unpaired) electrons. The van der Waals surface area contributed by atoms with E-state index in [1.165, 1.54) is 24.3 Å². The van der Waals surface area contributed by atoms with Crippen LogP contribution in [0, 0.1) is 0 Å². The van der Waals surface area contributed by atoms with Crippen LogP contribution in [-0.2, 0) is 25.0 Å². The Morgan fingerprint density at radius 2 is 1.62 bits per heavy atom. The fourth-order valence-electron chi connectivity index (χ4n) is 2.03. The topological polar surface area (TPSA) is 61.8 Å². The third-order valence-electron chi connectivity index (χ3n) is 3.42. The molecule has 0 spiro atoms. The lowest BCUT2D eigenvalue weighted by molar-refractivity contribution is 0.0472. The lowest BCUT2D eigenvalue weighted by Gasteiger charge is -2.18. The number of halogens is 1. The van der Waals surface area contributed by atoms with Crippen LogP contribution in [0.1, 0.15) is 27.4 Å². The molecule has 0 fully saturated rings. The van der Waals surface area contributed by atoms with Crippen LogP contribution >= 0.6 is 7.60 Å². The summed E-state index contributed by atoms with van der Waals surface area (Å²) in [6.07, 6.45) is 0. The normalized spacial score (nSPS) is 12.6. The Kier molecular flexibility index (Phi) is 6.26. The lowest BCUT2D eigenvalue weighted by atomic mass is 10.1. The highest BCUT2D eigenvalue weighted by molar-refractivity contribution is 7.54. The van der Waals surface area contributed by atoms with Gasteiger partial charge in [-0.15, -0.1) is 0 Å². The van der Waals surface area contributed by atoms with Crippen LogP contribution in [0.4, 0.5) is 4.39 Å². The maximum atomic E-state index is 14.3. The summed E-state index contributed by atoms with van der Waals surface area (Å²) in [4.78, 5) is 12.0. The summed E-state index contributed by atoms with van der Waals surface area (Å²) in [5.41, 5.74) is 1.24. The molecule has 2 aromatic carbocycles. The number of carbonyl (C=O) groups excluding carboxylic acids is 1. The SMILES string of the molecule is COP(=O)(OC)C(F)c1ccc(C(=O)OCc2ccccc2)cc1. The fourth-order valence-corrected chi connectivity index (χ4v) is 3.08. The predicted octanol–water partition coefficient (Wildman–Crippen LogP) is 4.50. The Morgan fingerprint density at radius 1 is 1.04 bits per heavy atom. The van der Waals surface area contributed by atoms with Crippen LogP contribution in [0.3, 0.4) is 0 Å². The molecule has 2 aromatic rings. The van der Waals surface area contributed by atoms with Crippen molar-refractivity contribution in [3.05, 3.63) is 71.3 Å². The number of ether oxygens (including phenoxy) is 1. The molecule has 5 nitrogen and oxygen atoms in total. The van der Waals surface area contributed by atoms with E-state index in [0.717, 1.165) is 19.8 Å². The number of hydrogen-bond acceptors (Lipinski definition) is 5. The van der Waals surface area contributed by atoms with Gasteiger partial charge in [0.2, 0.25) is 5.91 Å². The van der Waals surface area contributed by atoms with Crippen molar-refractivity contribution in [3.8, 4) is 0 Å². The molecule has 0 saturated heterocycles.